The number of carbonyl (C=O) groups excluding carboxylic acids is 1. The molecule has 0 heterocycles. The van der Waals surface area contributed by atoms with Crippen LogP contribution in [0.15, 0.2) is 30.3 Å². The monoisotopic (exact) mass is 194 g/mol. The van der Waals surface area contributed by atoms with Gasteiger partial charge in [0, 0.05) is 5.56 Å². The molecule has 0 aliphatic rings. The van der Waals surface area contributed by atoms with Gasteiger partial charge in [0.05, 0.1) is 0 Å². The maximum Gasteiger partial charge on any atom is 0.191 e. The zero-order valence-electron chi connectivity index (χ0n) is 8.31. The van der Waals surface area contributed by atoms with Crippen LogP contribution in [0.2, 0.25) is 0 Å². The van der Waals surface area contributed by atoms with Crippen LogP contribution in [0.3, 0.4) is 0 Å². The van der Waals surface area contributed by atoms with Crippen molar-refractivity contribution in [2.24, 2.45) is 0 Å². The molecule has 0 spiro atoms. The average molecular weight is 194 g/mol. The SMILES string of the molecule is CC(O)OC(C)C(=O)c1ccccc1. The van der Waals surface area contributed by atoms with E-state index in [0.717, 1.165) is 0 Å². The Morgan fingerprint density at radius 2 is 1.86 bits per heavy atom. The molecule has 0 aliphatic heterocycles. The van der Waals surface area contributed by atoms with Crippen molar-refractivity contribution in [1.29, 1.82) is 0 Å². The third-order valence-corrected chi connectivity index (χ3v) is 1.83. The first-order valence-corrected chi connectivity index (χ1v) is 4.54. The van der Waals surface area contributed by atoms with Crippen molar-refractivity contribution in [2.45, 2.75) is 26.2 Å². The Kier molecular flexibility index (Phi) is 3.80. The summed E-state index contributed by atoms with van der Waals surface area (Å²) < 4.78 is 4.97. The number of rotatable bonds is 4. The second kappa shape index (κ2) is 4.88. The molecule has 76 valence electrons. The molecule has 1 aromatic carbocycles. The van der Waals surface area contributed by atoms with E-state index in [1.165, 1.54) is 6.92 Å². The normalized spacial score (nSPS) is 14.8. The number of hydrogen-bond acceptors (Lipinski definition) is 3. The summed E-state index contributed by atoms with van der Waals surface area (Å²) >= 11 is 0. The minimum absolute atomic E-state index is 0.119. The fourth-order valence-corrected chi connectivity index (χ4v) is 1.19. The van der Waals surface area contributed by atoms with Crippen LogP contribution in [0.5, 0.6) is 0 Å². The minimum Gasteiger partial charge on any atom is -0.368 e. The van der Waals surface area contributed by atoms with Crippen molar-refractivity contribution in [1.82, 2.24) is 0 Å². The topological polar surface area (TPSA) is 46.5 Å². The lowest BCUT2D eigenvalue weighted by atomic mass is 10.1. The number of aliphatic hydroxyl groups is 1. The zero-order chi connectivity index (χ0) is 10.6. The molecule has 0 amide bonds. The summed E-state index contributed by atoms with van der Waals surface area (Å²) in [5.41, 5.74) is 0.598. The quantitative estimate of drug-likeness (QED) is 0.585. The van der Waals surface area contributed by atoms with Crippen molar-refractivity contribution in [3.05, 3.63) is 35.9 Å². The van der Waals surface area contributed by atoms with Crippen molar-refractivity contribution < 1.29 is 14.6 Å². The van der Waals surface area contributed by atoms with Crippen LogP contribution in [-0.4, -0.2) is 23.3 Å². The van der Waals surface area contributed by atoms with Gasteiger partial charge in [-0.15, -0.1) is 0 Å². The van der Waals surface area contributed by atoms with Gasteiger partial charge in [-0.1, -0.05) is 30.3 Å². The highest BCUT2D eigenvalue weighted by Gasteiger charge is 2.16. The Morgan fingerprint density at radius 3 is 2.36 bits per heavy atom. The number of carbonyl (C=O) groups is 1. The first-order chi connectivity index (χ1) is 6.61. The standard InChI is InChI=1S/C11H14O3/c1-8(14-9(2)12)11(13)10-6-4-3-5-7-10/h3-9,12H,1-2H3. The number of benzene rings is 1. The van der Waals surface area contributed by atoms with Gasteiger partial charge in [0.15, 0.2) is 12.1 Å². The van der Waals surface area contributed by atoms with Crippen LogP contribution in [-0.2, 0) is 4.74 Å². The van der Waals surface area contributed by atoms with Gasteiger partial charge in [0.25, 0.3) is 0 Å². The molecule has 0 aliphatic carbocycles. The fraction of sp³-hybridized carbons (Fsp3) is 0.364. The van der Waals surface area contributed by atoms with Gasteiger partial charge in [0.2, 0.25) is 0 Å². The summed E-state index contributed by atoms with van der Waals surface area (Å²) in [7, 11) is 0. The van der Waals surface area contributed by atoms with Gasteiger partial charge in [-0.2, -0.15) is 0 Å². The molecule has 3 nitrogen and oxygen atoms in total. The number of aliphatic hydroxyl groups excluding tert-OH is 1. The molecule has 1 rings (SSSR count). The van der Waals surface area contributed by atoms with Crippen LogP contribution < -0.4 is 0 Å². The molecule has 0 saturated heterocycles. The maximum atomic E-state index is 11.6. The van der Waals surface area contributed by atoms with Crippen LogP contribution in [0.4, 0.5) is 0 Å². The van der Waals surface area contributed by atoms with Crippen molar-refractivity contribution in [2.75, 3.05) is 0 Å². The molecule has 1 aromatic rings. The van der Waals surface area contributed by atoms with Crippen molar-refractivity contribution in [3.8, 4) is 0 Å². The molecular formula is C11H14O3. The van der Waals surface area contributed by atoms with Gasteiger partial charge in [-0.25, -0.2) is 0 Å². The molecule has 0 fully saturated rings. The number of ketones is 1. The highest BCUT2D eigenvalue weighted by Crippen LogP contribution is 2.06. The van der Waals surface area contributed by atoms with Crippen LogP contribution in [0.1, 0.15) is 24.2 Å². The Balaban J connectivity index is 2.66. The van der Waals surface area contributed by atoms with E-state index in [1.54, 1.807) is 31.2 Å². The molecule has 2 atom stereocenters. The van der Waals surface area contributed by atoms with Gasteiger partial charge >= 0.3 is 0 Å². The lowest BCUT2D eigenvalue weighted by Crippen LogP contribution is -2.25. The van der Waals surface area contributed by atoms with Crippen molar-refractivity contribution >= 4 is 5.78 Å². The maximum absolute atomic E-state index is 11.6. The molecule has 0 bridgehead atoms. The lowest BCUT2D eigenvalue weighted by Gasteiger charge is -2.13. The Labute approximate surface area is 83.3 Å². The summed E-state index contributed by atoms with van der Waals surface area (Å²) in [4.78, 5) is 11.6. The van der Waals surface area contributed by atoms with E-state index in [9.17, 15) is 4.79 Å². The Hall–Kier alpha value is -1.19. The summed E-state index contributed by atoms with van der Waals surface area (Å²) in [6, 6.07) is 8.89. The number of ether oxygens (including phenoxy) is 1. The summed E-state index contributed by atoms with van der Waals surface area (Å²) in [5, 5.41) is 8.94. The second-order valence-electron chi connectivity index (χ2n) is 3.11. The molecule has 14 heavy (non-hydrogen) atoms. The largest absolute Gasteiger partial charge is 0.368 e. The molecule has 0 radical (unpaired) electrons. The van der Waals surface area contributed by atoms with E-state index in [0.29, 0.717) is 5.56 Å². The zero-order valence-corrected chi connectivity index (χ0v) is 8.31. The van der Waals surface area contributed by atoms with E-state index in [-0.39, 0.29) is 5.78 Å². The molecule has 0 aromatic heterocycles. The van der Waals surface area contributed by atoms with Crippen LogP contribution in [0, 0.1) is 0 Å². The van der Waals surface area contributed by atoms with Gasteiger partial charge < -0.3 is 9.84 Å². The van der Waals surface area contributed by atoms with E-state index in [1.807, 2.05) is 6.07 Å². The second-order valence-corrected chi connectivity index (χ2v) is 3.11. The summed E-state index contributed by atoms with van der Waals surface area (Å²) in [6.07, 6.45) is -1.53. The lowest BCUT2D eigenvalue weighted by molar-refractivity contribution is -0.105. The fourth-order valence-electron chi connectivity index (χ4n) is 1.19. The molecule has 2 unspecified atom stereocenters. The first-order valence-electron chi connectivity index (χ1n) is 4.54. The molecule has 0 saturated carbocycles. The van der Waals surface area contributed by atoms with Crippen LogP contribution in [0.25, 0.3) is 0 Å². The van der Waals surface area contributed by atoms with Gasteiger partial charge in [0.1, 0.15) is 6.10 Å². The van der Waals surface area contributed by atoms with Crippen molar-refractivity contribution in [3.63, 3.8) is 0 Å². The predicted octanol–water partition coefficient (Wildman–Crippen LogP) is 1.61. The molecular weight excluding hydrogens is 180 g/mol. The third kappa shape index (κ3) is 2.94. The molecule has 1 N–H and O–H groups in total. The summed E-state index contributed by atoms with van der Waals surface area (Å²) in [6.45, 7) is 3.11. The van der Waals surface area contributed by atoms with Crippen LogP contribution >= 0.6 is 0 Å². The summed E-state index contributed by atoms with van der Waals surface area (Å²) in [5.74, 6) is -0.119. The van der Waals surface area contributed by atoms with E-state index in [4.69, 9.17) is 9.84 Å². The Morgan fingerprint density at radius 1 is 1.29 bits per heavy atom. The minimum atomic E-state index is -0.919. The number of Topliss-reactive ketones (excluding diaryl/α,β-unsaturated/α-hetero) is 1. The average Bonchev–Trinajstić information content (AvgIpc) is 2.17. The highest BCUT2D eigenvalue weighted by molar-refractivity contribution is 5.99. The van der Waals surface area contributed by atoms with E-state index in [2.05, 4.69) is 0 Å². The smallest absolute Gasteiger partial charge is 0.191 e. The number of hydrogen-bond donors (Lipinski definition) is 1. The van der Waals surface area contributed by atoms with E-state index >= 15 is 0 Å². The van der Waals surface area contributed by atoms with E-state index < -0.39 is 12.4 Å². The van der Waals surface area contributed by atoms with Gasteiger partial charge in [-0.3, -0.25) is 4.79 Å². The predicted molar refractivity (Wildman–Crippen MR) is 53.0 cm³/mol. The third-order valence-electron chi connectivity index (χ3n) is 1.83. The van der Waals surface area contributed by atoms with Gasteiger partial charge in [-0.05, 0) is 13.8 Å². The first kappa shape index (κ1) is 10.9. The molecule has 3 heteroatoms. The highest BCUT2D eigenvalue weighted by atomic mass is 16.6. The Bertz CT molecular complexity index is 293.